The first-order valence-corrected chi connectivity index (χ1v) is 17.9. The van der Waals surface area contributed by atoms with E-state index in [1.165, 1.54) is 13.8 Å². The van der Waals surface area contributed by atoms with Gasteiger partial charge in [0, 0.05) is 22.5 Å². The summed E-state index contributed by atoms with van der Waals surface area (Å²) in [5.74, 6) is -2.07. The number of hydrogen-bond donors (Lipinski definition) is 2. The van der Waals surface area contributed by atoms with Gasteiger partial charge in [0.2, 0.25) is 12.1 Å². The van der Waals surface area contributed by atoms with Crippen molar-refractivity contribution in [1.29, 1.82) is 0 Å². The molecule has 0 aliphatic heterocycles. The summed E-state index contributed by atoms with van der Waals surface area (Å²) < 4.78 is 0. The molecule has 0 radical (unpaired) electrons. The minimum atomic E-state index is -1.35. The molecule has 2 atom stereocenters. The molecule has 12 heteroatoms. The van der Waals surface area contributed by atoms with Crippen molar-refractivity contribution in [2.75, 3.05) is 10.6 Å². The number of carbonyl (C=O) groups is 4. The van der Waals surface area contributed by atoms with Crippen LogP contribution in [-0.4, -0.2) is 35.5 Å². The predicted molar refractivity (Wildman–Crippen MR) is 208 cm³/mol. The molecule has 10 nitrogen and oxygen atoms in total. The van der Waals surface area contributed by atoms with Gasteiger partial charge in [0.1, 0.15) is 0 Å². The maximum absolute atomic E-state index is 13.1. The van der Waals surface area contributed by atoms with Crippen LogP contribution in [0.4, 0.5) is 22.7 Å². The summed E-state index contributed by atoms with van der Waals surface area (Å²) in [6, 6.07) is 18.8. The zero-order chi connectivity index (χ0) is 37.9. The molecule has 0 heterocycles. The Hall–Kier alpha value is -5.06. The van der Waals surface area contributed by atoms with E-state index in [1.54, 1.807) is 36.4 Å². The predicted octanol–water partition coefficient (Wildman–Crippen LogP) is 10.3. The molecule has 0 saturated carbocycles. The van der Waals surface area contributed by atoms with Crippen molar-refractivity contribution >= 4 is 69.3 Å². The first kappa shape index (κ1) is 39.7. The SMILES string of the molecule is CCc1ccc(CC)c(NC(=O)C(N=Nc2ccc(-c3ccc(N=NC(C(C)=O)C(=O)Nc4cc(CC)ccc4CC)cc3Cl)c(Cl)c2)C(C)=O)c1. The number of anilines is 2. The van der Waals surface area contributed by atoms with Gasteiger partial charge >= 0.3 is 0 Å². The highest BCUT2D eigenvalue weighted by Gasteiger charge is 2.25. The minimum Gasteiger partial charge on any atom is -0.323 e. The van der Waals surface area contributed by atoms with Crippen LogP contribution in [-0.2, 0) is 44.9 Å². The number of Topliss-reactive ketones (excluding diaryl/α,β-unsaturated/α-hetero) is 2. The van der Waals surface area contributed by atoms with Gasteiger partial charge in [-0.05, 0) is 98.2 Å². The lowest BCUT2D eigenvalue weighted by atomic mass is 10.0. The highest BCUT2D eigenvalue weighted by molar-refractivity contribution is 6.36. The van der Waals surface area contributed by atoms with Gasteiger partial charge in [-0.25, -0.2) is 0 Å². The van der Waals surface area contributed by atoms with Gasteiger partial charge < -0.3 is 10.6 Å². The average Bonchev–Trinajstić information content (AvgIpc) is 3.11. The van der Waals surface area contributed by atoms with Crippen LogP contribution in [0.2, 0.25) is 10.0 Å². The molecule has 0 bridgehead atoms. The lowest BCUT2D eigenvalue weighted by molar-refractivity contribution is -0.127. The number of azo groups is 2. The van der Waals surface area contributed by atoms with Crippen molar-refractivity contribution in [3.05, 3.63) is 105 Å². The number of amides is 2. The third-order valence-corrected chi connectivity index (χ3v) is 9.11. The molecular formula is C40H42Cl2N6O4. The third-order valence-electron chi connectivity index (χ3n) is 8.48. The number of aryl methyl sites for hydroxylation is 4. The smallest absolute Gasteiger partial charge is 0.258 e. The Bertz CT molecular complexity index is 1900. The number of ketones is 2. The molecule has 2 amide bonds. The number of benzene rings is 4. The van der Waals surface area contributed by atoms with E-state index in [0.717, 1.165) is 35.1 Å². The summed E-state index contributed by atoms with van der Waals surface area (Å²) in [6.07, 6.45) is 3.02. The quantitative estimate of drug-likeness (QED) is 0.0924. The highest BCUT2D eigenvalue weighted by Crippen LogP contribution is 2.37. The van der Waals surface area contributed by atoms with Gasteiger partial charge in [-0.3, -0.25) is 19.2 Å². The molecule has 0 spiro atoms. The molecule has 270 valence electrons. The second-order valence-corrected chi connectivity index (χ2v) is 13.0. The van der Waals surface area contributed by atoms with Crippen LogP contribution in [0.25, 0.3) is 11.1 Å². The number of carbonyl (C=O) groups excluding carboxylic acids is 4. The number of halogens is 2. The second kappa shape index (κ2) is 18.4. The van der Waals surface area contributed by atoms with Crippen molar-refractivity contribution in [2.24, 2.45) is 20.5 Å². The van der Waals surface area contributed by atoms with Crippen LogP contribution in [0.1, 0.15) is 63.8 Å². The van der Waals surface area contributed by atoms with Crippen molar-refractivity contribution in [3.8, 4) is 11.1 Å². The molecule has 52 heavy (non-hydrogen) atoms. The van der Waals surface area contributed by atoms with Crippen LogP contribution in [0, 0.1) is 0 Å². The summed E-state index contributed by atoms with van der Waals surface area (Å²) in [7, 11) is 0. The number of hydrogen-bond acceptors (Lipinski definition) is 8. The fourth-order valence-electron chi connectivity index (χ4n) is 5.39. The van der Waals surface area contributed by atoms with Gasteiger partial charge in [-0.15, -0.1) is 0 Å². The largest absolute Gasteiger partial charge is 0.323 e. The zero-order valence-electron chi connectivity index (χ0n) is 30.1. The molecule has 0 aliphatic carbocycles. The normalized spacial score (nSPS) is 12.5. The van der Waals surface area contributed by atoms with Gasteiger partial charge in [0.05, 0.1) is 21.4 Å². The zero-order valence-corrected chi connectivity index (χ0v) is 31.6. The Morgan fingerprint density at radius 1 is 0.558 bits per heavy atom. The van der Waals surface area contributed by atoms with Crippen LogP contribution in [0.5, 0.6) is 0 Å². The molecule has 0 fully saturated rings. The van der Waals surface area contributed by atoms with Gasteiger partial charge in [-0.2, -0.15) is 20.5 Å². The van der Waals surface area contributed by atoms with E-state index in [0.29, 0.717) is 56.8 Å². The van der Waals surface area contributed by atoms with Crippen LogP contribution < -0.4 is 10.6 Å². The van der Waals surface area contributed by atoms with E-state index in [-0.39, 0.29) is 0 Å². The van der Waals surface area contributed by atoms with Crippen molar-refractivity contribution < 1.29 is 19.2 Å². The Labute approximate surface area is 314 Å². The first-order valence-electron chi connectivity index (χ1n) is 17.2. The van der Waals surface area contributed by atoms with E-state index >= 15 is 0 Å². The molecule has 0 saturated heterocycles. The summed E-state index contributed by atoms with van der Waals surface area (Å²) in [6.45, 7) is 10.6. The summed E-state index contributed by atoms with van der Waals surface area (Å²) in [4.78, 5) is 51.0. The number of rotatable bonds is 15. The highest BCUT2D eigenvalue weighted by atomic mass is 35.5. The van der Waals surface area contributed by atoms with Gasteiger partial charge in [0.25, 0.3) is 11.8 Å². The summed E-state index contributed by atoms with van der Waals surface area (Å²) in [5.41, 5.74) is 7.14. The van der Waals surface area contributed by atoms with Crippen LogP contribution in [0.15, 0.2) is 93.3 Å². The van der Waals surface area contributed by atoms with Crippen LogP contribution >= 0.6 is 23.2 Å². The standard InChI is InChI=1S/C40H42Cl2N6O4/c1-7-25-11-13-27(9-3)35(19-25)43-39(51)37(23(5)49)47-45-29-15-17-31(33(41)21-29)32-18-16-30(22-34(32)42)46-48-38(24(6)50)40(52)44-36-20-26(8-2)12-14-28(36)10-4/h11-22,37-38H,7-10H2,1-6H3,(H,43,51)(H,44,52). The Balaban J connectivity index is 1.49. The fraction of sp³-hybridized carbons (Fsp3) is 0.300. The lowest BCUT2D eigenvalue weighted by Gasteiger charge is -2.14. The molecule has 4 rings (SSSR count). The van der Waals surface area contributed by atoms with Crippen molar-refractivity contribution in [1.82, 2.24) is 0 Å². The Morgan fingerprint density at radius 2 is 0.942 bits per heavy atom. The molecule has 0 aliphatic rings. The molecule has 2 N–H and O–H groups in total. The van der Waals surface area contributed by atoms with E-state index in [1.807, 2.05) is 64.1 Å². The average molecular weight is 742 g/mol. The number of nitrogens with one attached hydrogen (secondary N) is 2. The topological polar surface area (TPSA) is 142 Å². The molecule has 2 unspecified atom stereocenters. The molecular weight excluding hydrogens is 699 g/mol. The lowest BCUT2D eigenvalue weighted by Crippen LogP contribution is -2.32. The van der Waals surface area contributed by atoms with E-state index in [4.69, 9.17) is 23.2 Å². The monoisotopic (exact) mass is 740 g/mol. The minimum absolute atomic E-state index is 0.299. The summed E-state index contributed by atoms with van der Waals surface area (Å²) >= 11 is 13.3. The fourth-order valence-corrected chi connectivity index (χ4v) is 5.95. The van der Waals surface area contributed by atoms with E-state index < -0.39 is 35.5 Å². The van der Waals surface area contributed by atoms with Crippen molar-refractivity contribution in [2.45, 2.75) is 79.3 Å². The van der Waals surface area contributed by atoms with E-state index in [9.17, 15) is 19.2 Å². The second-order valence-electron chi connectivity index (χ2n) is 12.2. The van der Waals surface area contributed by atoms with Crippen LogP contribution in [0.3, 0.4) is 0 Å². The third kappa shape index (κ3) is 10.0. The first-order chi connectivity index (χ1) is 24.9. The summed E-state index contributed by atoms with van der Waals surface area (Å²) in [5, 5.41) is 22.7. The van der Waals surface area contributed by atoms with Gasteiger partial charge in [-0.1, -0.05) is 87.3 Å². The maximum atomic E-state index is 13.1. The van der Waals surface area contributed by atoms with Gasteiger partial charge in [0.15, 0.2) is 11.6 Å². The Kier molecular flexibility index (Phi) is 14.1. The molecule has 0 aromatic heterocycles. The van der Waals surface area contributed by atoms with Crippen molar-refractivity contribution in [3.63, 3.8) is 0 Å². The number of nitrogens with zero attached hydrogens (tertiary/aromatic N) is 4. The molecule has 4 aromatic carbocycles. The molecule has 4 aromatic rings. The maximum Gasteiger partial charge on any atom is 0.258 e. The Morgan fingerprint density at radius 3 is 1.25 bits per heavy atom. The van der Waals surface area contributed by atoms with E-state index in [2.05, 4.69) is 31.1 Å².